The van der Waals surface area contributed by atoms with Crippen molar-refractivity contribution in [3.8, 4) is 6.07 Å². The van der Waals surface area contributed by atoms with Gasteiger partial charge in [-0.3, -0.25) is 0 Å². The Hall–Kier alpha value is -1.64. The molecule has 2 N–H and O–H groups in total. The van der Waals surface area contributed by atoms with Gasteiger partial charge in [-0.1, -0.05) is 0 Å². The van der Waals surface area contributed by atoms with Crippen molar-refractivity contribution < 1.29 is 10.2 Å². The van der Waals surface area contributed by atoms with E-state index in [0.717, 1.165) is 5.69 Å². The van der Waals surface area contributed by atoms with Crippen molar-refractivity contribution in [1.29, 1.82) is 5.26 Å². The molecule has 1 heterocycles. The molecule has 0 spiro atoms. The van der Waals surface area contributed by atoms with E-state index in [2.05, 4.69) is 4.98 Å². The number of aliphatic hydroxyl groups excluding tert-OH is 2. The first-order chi connectivity index (χ1) is 7.31. The first-order valence-corrected chi connectivity index (χ1v) is 4.64. The van der Waals surface area contributed by atoms with Crippen molar-refractivity contribution in [2.75, 3.05) is 31.2 Å². The van der Waals surface area contributed by atoms with Gasteiger partial charge in [0.2, 0.25) is 0 Å². The maximum atomic E-state index is 8.83. The summed E-state index contributed by atoms with van der Waals surface area (Å²) in [7, 11) is 0. The van der Waals surface area contributed by atoms with E-state index in [9.17, 15) is 0 Å². The molecular weight excluding hydrogens is 194 g/mol. The zero-order valence-electron chi connectivity index (χ0n) is 8.30. The molecule has 15 heavy (non-hydrogen) atoms. The van der Waals surface area contributed by atoms with Gasteiger partial charge in [-0.05, 0) is 12.1 Å². The van der Waals surface area contributed by atoms with Gasteiger partial charge in [0.15, 0.2) is 0 Å². The summed E-state index contributed by atoms with van der Waals surface area (Å²) in [5, 5.41) is 26.2. The van der Waals surface area contributed by atoms with Gasteiger partial charge >= 0.3 is 0 Å². The minimum Gasteiger partial charge on any atom is -0.395 e. The molecule has 0 aliphatic carbocycles. The molecule has 5 nitrogen and oxygen atoms in total. The molecule has 0 aliphatic heterocycles. The summed E-state index contributed by atoms with van der Waals surface area (Å²) >= 11 is 0. The quantitative estimate of drug-likeness (QED) is 0.695. The van der Waals surface area contributed by atoms with E-state index in [0.29, 0.717) is 18.8 Å². The van der Waals surface area contributed by atoms with Gasteiger partial charge in [-0.15, -0.1) is 0 Å². The third-order valence-corrected chi connectivity index (χ3v) is 1.97. The summed E-state index contributed by atoms with van der Waals surface area (Å²) in [4.78, 5) is 5.72. The summed E-state index contributed by atoms with van der Waals surface area (Å²) in [6, 6.07) is 5.28. The zero-order chi connectivity index (χ0) is 11.1. The van der Waals surface area contributed by atoms with E-state index in [-0.39, 0.29) is 13.2 Å². The van der Waals surface area contributed by atoms with Crippen molar-refractivity contribution in [3.05, 3.63) is 24.0 Å². The van der Waals surface area contributed by atoms with Crippen molar-refractivity contribution in [3.63, 3.8) is 0 Å². The van der Waals surface area contributed by atoms with Crippen LogP contribution in [0.15, 0.2) is 18.3 Å². The molecule has 0 unspecified atom stereocenters. The molecule has 1 rings (SSSR count). The minimum atomic E-state index is 0.0139. The lowest BCUT2D eigenvalue weighted by Crippen LogP contribution is -2.29. The fourth-order valence-corrected chi connectivity index (χ4v) is 1.25. The highest BCUT2D eigenvalue weighted by molar-refractivity contribution is 5.45. The smallest absolute Gasteiger partial charge is 0.140 e. The normalized spacial score (nSPS) is 9.67. The van der Waals surface area contributed by atoms with E-state index >= 15 is 0 Å². The molecule has 5 heteroatoms. The van der Waals surface area contributed by atoms with Crippen LogP contribution in [0.3, 0.4) is 0 Å². The van der Waals surface area contributed by atoms with Crippen LogP contribution in [-0.2, 0) is 0 Å². The Morgan fingerprint density at radius 1 is 1.27 bits per heavy atom. The average Bonchev–Trinajstić information content (AvgIpc) is 2.29. The van der Waals surface area contributed by atoms with Crippen molar-refractivity contribution >= 4 is 5.69 Å². The Balaban J connectivity index is 2.77. The van der Waals surface area contributed by atoms with Crippen LogP contribution in [0.4, 0.5) is 5.69 Å². The average molecular weight is 207 g/mol. The van der Waals surface area contributed by atoms with Crippen LogP contribution in [0.5, 0.6) is 0 Å². The lowest BCUT2D eigenvalue weighted by Gasteiger charge is -2.22. The molecular formula is C10H13N3O2. The lowest BCUT2D eigenvalue weighted by atomic mass is 10.3. The molecule has 80 valence electrons. The second kappa shape index (κ2) is 5.96. The van der Waals surface area contributed by atoms with Crippen molar-refractivity contribution in [2.45, 2.75) is 0 Å². The molecule has 0 aromatic carbocycles. The fraction of sp³-hybridized carbons (Fsp3) is 0.400. The number of rotatable bonds is 5. The predicted octanol–water partition coefficient (Wildman–Crippen LogP) is -0.256. The summed E-state index contributed by atoms with van der Waals surface area (Å²) < 4.78 is 0. The number of hydrogen-bond donors (Lipinski definition) is 2. The van der Waals surface area contributed by atoms with E-state index in [1.165, 1.54) is 0 Å². The number of nitriles is 1. The van der Waals surface area contributed by atoms with E-state index in [1.807, 2.05) is 6.07 Å². The molecule has 1 aromatic heterocycles. The monoisotopic (exact) mass is 207 g/mol. The Kier molecular flexibility index (Phi) is 4.54. The lowest BCUT2D eigenvalue weighted by molar-refractivity contribution is 0.281. The third kappa shape index (κ3) is 3.20. The molecule has 0 saturated carbocycles. The van der Waals surface area contributed by atoms with E-state index in [1.54, 1.807) is 23.2 Å². The third-order valence-electron chi connectivity index (χ3n) is 1.97. The Morgan fingerprint density at radius 2 is 1.93 bits per heavy atom. The van der Waals surface area contributed by atoms with Crippen LogP contribution in [0.2, 0.25) is 0 Å². The van der Waals surface area contributed by atoms with Gasteiger partial charge < -0.3 is 15.1 Å². The van der Waals surface area contributed by atoms with Crippen LogP contribution < -0.4 is 4.90 Å². The molecule has 0 fully saturated rings. The highest BCUT2D eigenvalue weighted by Crippen LogP contribution is 2.11. The number of aromatic nitrogens is 1. The van der Waals surface area contributed by atoms with Crippen LogP contribution in [0.1, 0.15) is 5.69 Å². The summed E-state index contributed by atoms with van der Waals surface area (Å²) in [6.45, 7) is 0.905. The van der Waals surface area contributed by atoms with Gasteiger partial charge in [0, 0.05) is 13.1 Å². The molecule has 0 amide bonds. The molecule has 0 bridgehead atoms. The Labute approximate surface area is 88.2 Å². The maximum Gasteiger partial charge on any atom is 0.140 e. The molecule has 0 aliphatic rings. The Bertz CT molecular complexity index is 326. The van der Waals surface area contributed by atoms with Gasteiger partial charge in [0.1, 0.15) is 11.8 Å². The minimum absolute atomic E-state index is 0.0139. The van der Waals surface area contributed by atoms with Crippen LogP contribution in [-0.4, -0.2) is 41.5 Å². The van der Waals surface area contributed by atoms with Crippen LogP contribution in [0.25, 0.3) is 0 Å². The molecule has 0 saturated heterocycles. The first-order valence-electron chi connectivity index (χ1n) is 4.64. The molecule has 0 radical (unpaired) electrons. The van der Waals surface area contributed by atoms with E-state index in [4.69, 9.17) is 15.5 Å². The van der Waals surface area contributed by atoms with Crippen molar-refractivity contribution in [1.82, 2.24) is 4.98 Å². The zero-order valence-corrected chi connectivity index (χ0v) is 8.30. The topological polar surface area (TPSA) is 80.4 Å². The van der Waals surface area contributed by atoms with E-state index < -0.39 is 0 Å². The number of pyridine rings is 1. The molecule has 0 atom stereocenters. The highest BCUT2D eigenvalue weighted by Gasteiger charge is 2.05. The van der Waals surface area contributed by atoms with Gasteiger partial charge in [-0.2, -0.15) is 5.26 Å². The summed E-state index contributed by atoms with van der Waals surface area (Å²) in [6.07, 6.45) is 1.56. The standard InChI is InChI=1S/C10H13N3O2/c11-7-9-1-2-10(8-12-9)13(3-5-14)4-6-15/h1-2,8,14-15H,3-6H2. The summed E-state index contributed by atoms with van der Waals surface area (Å²) in [5.74, 6) is 0. The largest absolute Gasteiger partial charge is 0.395 e. The highest BCUT2D eigenvalue weighted by atomic mass is 16.3. The number of hydrogen-bond acceptors (Lipinski definition) is 5. The van der Waals surface area contributed by atoms with Crippen LogP contribution >= 0.6 is 0 Å². The predicted molar refractivity (Wildman–Crippen MR) is 55.3 cm³/mol. The summed E-state index contributed by atoms with van der Waals surface area (Å²) in [5.41, 5.74) is 1.14. The maximum absolute atomic E-state index is 8.83. The first kappa shape index (κ1) is 11.4. The SMILES string of the molecule is N#Cc1ccc(N(CCO)CCO)cn1. The number of aliphatic hydroxyl groups is 2. The van der Waals surface area contributed by atoms with Crippen molar-refractivity contribution in [2.24, 2.45) is 0 Å². The number of nitrogens with zero attached hydrogens (tertiary/aromatic N) is 3. The van der Waals surface area contributed by atoms with Gasteiger partial charge in [0.25, 0.3) is 0 Å². The van der Waals surface area contributed by atoms with Crippen LogP contribution in [0, 0.1) is 11.3 Å². The fourth-order valence-electron chi connectivity index (χ4n) is 1.25. The Morgan fingerprint density at radius 3 is 2.33 bits per heavy atom. The second-order valence-corrected chi connectivity index (χ2v) is 2.95. The van der Waals surface area contributed by atoms with Gasteiger partial charge in [0.05, 0.1) is 25.1 Å². The second-order valence-electron chi connectivity index (χ2n) is 2.95. The number of anilines is 1. The van der Waals surface area contributed by atoms with Gasteiger partial charge in [-0.25, -0.2) is 4.98 Å². The molecule has 1 aromatic rings.